The summed E-state index contributed by atoms with van der Waals surface area (Å²) in [6.45, 7) is -0.810. The van der Waals surface area contributed by atoms with Crippen molar-refractivity contribution in [3.05, 3.63) is 96.1 Å². The first-order valence-electron chi connectivity index (χ1n) is 10.8. The Hall–Kier alpha value is -4.18. The van der Waals surface area contributed by atoms with Crippen molar-refractivity contribution in [2.45, 2.75) is 18.3 Å². The number of hydrogen-bond acceptors (Lipinski definition) is 4. The Labute approximate surface area is 201 Å². The van der Waals surface area contributed by atoms with E-state index in [-0.39, 0.29) is 11.1 Å². The van der Waals surface area contributed by atoms with E-state index in [1.807, 2.05) is 0 Å². The van der Waals surface area contributed by atoms with Crippen LogP contribution in [0.2, 0.25) is 0 Å². The molecule has 0 radical (unpaired) electrons. The molecule has 0 spiro atoms. The molecule has 2 heterocycles. The molecule has 10 heteroatoms. The highest BCUT2D eigenvalue weighted by molar-refractivity contribution is 5.94. The third-order valence-electron chi connectivity index (χ3n) is 6.18. The second-order valence-corrected chi connectivity index (χ2v) is 8.37. The van der Waals surface area contributed by atoms with Crippen LogP contribution in [-0.2, 0) is 16.9 Å². The smallest absolute Gasteiger partial charge is 0.423 e. The van der Waals surface area contributed by atoms with Gasteiger partial charge in [0.2, 0.25) is 5.60 Å². The van der Waals surface area contributed by atoms with Crippen LogP contribution >= 0.6 is 0 Å². The van der Waals surface area contributed by atoms with Gasteiger partial charge in [-0.05, 0) is 66.2 Å². The van der Waals surface area contributed by atoms with E-state index < -0.39 is 30.1 Å². The maximum absolute atomic E-state index is 14.3. The molecule has 0 bridgehead atoms. The van der Waals surface area contributed by atoms with Crippen molar-refractivity contribution in [1.82, 2.24) is 14.3 Å². The average molecular weight is 497 g/mol. The maximum Gasteiger partial charge on any atom is 0.423 e. The van der Waals surface area contributed by atoms with Crippen LogP contribution in [0.25, 0.3) is 27.5 Å². The SMILES string of the molecule is COC(=O)c1ccc2c(ccn2CC(O)(c2ccc3c(cnn3-c3ccc(F)cc3)c2)C(F)(F)F)c1. The number of aromatic nitrogens is 3. The van der Waals surface area contributed by atoms with Crippen molar-refractivity contribution in [3.63, 3.8) is 0 Å². The molecule has 1 atom stereocenters. The van der Waals surface area contributed by atoms with Gasteiger partial charge in [-0.3, -0.25) is 0 Å². The van der Waals surface area contributed by atoms with Gasteiger partial charge in [-0.25, -0.2) is 13.9 Å². The number of hydrogen-bond donors (Lipinski definition) is 1. The Kier molecular flexibility index (Phi) is 5.55. The van der Waals surface area contributed by atoms with Crippen molar-refractivity contribution < 1.29 is 32.2 Å². The Bertz CT molecular complexity index is 1590. The quantitative estimate of drug-likeness (QED) is 0.262. The summed E-state index contributed by atoms with van der Waals surface area (Å²) in [5, 5.41) is 16.2. The number of aliphatic hydroxyl groups is 1. The number of rotatable bonds is 5. The minimum absolute atomic E-state index is 0.262. The van der Waals surface area contributed by atoms with Crippen LogP contribution in [0.3, 0.4) is 0 Å². The molecule has 36 heavy (non-hydrogen) atoms. The lowest BCUT2D eigenvalue weighted by molar-refractivity contribution is -0.271. The normalized spacial score (nSPS) is 13.7. The summed E-state index contributed by atoms with van der Waals surface area (Å²) in [5.41, 5.74) is -1.86. The number of esters is 1. The highest BCUT2D eigenvalue weighted by atomic mass is 19.4. The van der Waals surface area contributed by atoms with Crippen LogP contribution in [0, 0.1) is 5.82 Å². The van der Waals surface area contributed by atoms with Crippen molar-refractivity contribution in [3.8, 4) is 5.69 Å². The van der Waals surface area contributed by atoms with Gasteiger partial charge < -0.3 is 14.4 Å². The lowest BCUT2D eigenvalue weighted by atomic mass is 9.91. The fraction of sp³-hybridized carbons (Fsp3) is 0.154. The average Bonchev–Trinajstić information content (AvgIpc) is 3.46. The monoisotopic (exact) mass is 497 g/mol. The van der Waals surface area contributed by atoms with Gasteiger partial charge in [-0.2, -0.15) is 18.3 Å². The van der Waals surface area contributed by atoms with Crippen molar-refractivity contribution in [1.29, 1.82) is 0 Å². The minimum atomic E-state index is -5.00. The lowest BCUT2D eigenvalue weighted by Crippen LogP contribution is -2.45. The van der Waals surface area contributed by atoms with E-state index in [1.54, 1.807) is 6.07 Å². The number of nitrogens with zero attached hydrogens (tertiary/aromatic N) is 3. The molecule has 0 aliphatic heterocycles. The standard InChI is InChI=1S/C26H19F4N3O3/c1-36-24(34)17-2-8-22-16(12-17)10-11-32(22)15-25(35,26(28,29)30)19-3-9-23-18(13-19)14-31-33(23)21-6-4-20(27)5-7-21/h2-14,35H,15H2,1H3. The first kappa shape index (κ1) is 23.6. The summed E-state index contributed by atoms with van der Waals surface area (Å²) in [7, 11) is 1.24. The molecule has 184 valence electrons. The van der Waals surface area contributed by atoms with Gasteiger partial charge in [0.25, 0.3) is 0 Å². The molecule has 5 rings (SSSR count). The molecule has 0 saturated heterocycles. The number of ether oxygens (including phenoxy) is 1. The van der Waals surface area contributed by atoms with E-state index in [4.69, 9.17) is 0 Å². The van der Waals surface area contributed by atoms with E-state index in [9.17, 15) is 27.5 Å². The van der Waals surface area contributed by atoms with Crippen molar-refractivity contribution in [2.24, 2.45) is 0 Å². The predicted molar refractivity (Wildman–Crippen MR) is 124 cm³/mol. The molecule has 1 N–H and O–H groups in total. The summed E-state index contributed by atoms with van der Waals surface area (Å²) in [6.07, 6.45) is -2.19. The van der Waals surface area contributed by atoms with Gasteiger partial charge in [0.1, 0.15) is 5.82 Å². The molecule has 0 aliphatic carbocycles. The number of carbonyl (C=O) groups excluding carboxylic acids is 1. The fourth-order valence-electron chi connectivity index (χ4n) is 4.25. The zero-order chi connectivity index (χ0) is 25.7. The molecular formula is C26H19F4N3O3. The summed E-state index contributed by atoms with van der Waals surface area (Å²) >= 11 is 0. The molecule has 0 aliphatic rings. The fourth-order valence-corrected chi connectivity index (χ4v) is 4.25. The van der Waals surface area contributed by atoms with Crippen LogP contribution in [0.5, 0.6) is 0 Å². The van der Waals surface area contributed by atoms with Crippen LogP contribution in [0.1, 0.15) is 15.9 Å². The van der Waals surface area contributed by atoms with Gasteiger partial charge in [0.15, 0.2) is 0 Å². The van der Waals surface area contributed by atoms with E-state index in [0.717, 1.165) is 0 Å². The molecule has 5 aromatic rings. The van der Waals surface area contributed by atoms with Crippen molar-refractivity contribution >= 4 is 27.8 Å². The summed E-state index contributed by atoms with van der Waals surface area (Å²) in [6, 6.07) is 15.5. The maximum atomic E-state index is 14.3. The topological polar surface area (TPSA) is 69.3 Å². The van der Waals surface area contributed by atoms with E-state index >= 15 is 0 Å². The Balaban J connectivity index is 1.55. The molecule has 0 fully saturated rings. The van der Waals surface area contributed by atoms with Gasteiger partial charge in [-0.1, -0.05) is 6.07 Å². The number of carbonyl (C=O) groups is 1. The van der Waals surface area contributed by atoms with Crippen LogP contribution in [-0.4, -0.2) is 38.7 Å². The molecule has 3 aromatic carbocycles. The molecule has 2 aromatic heterocycles. The summed E-state index contributed by atoms with van der Waals surface area (Å²) in [4.78, 5) is 11.8. The number of methoxy groups -OCH3 is 1. The predicted octanol–water partition coefficient (Wildman–Crippen LogP) is 5.36. The Morgan fingerprint density at radius 3 is 2.39 bits per heavy atom. The highest BCUT2D eigenvalue weighted by Gasteiger charge is 2.55. The van der Waals surface area contributed by atoms with Gasteiger partial charge in [0, 0.05) is 22.5 Å². The Morgan fingerprint density at radius 2 is 1.69 bits per heavy atom. The number of fused-ring (bicyclic) bond motifs is 2. The third kappa shape index (κ3) is 3.89. The third-order valence-corrected chi connectivity index (χ3v) is 6.18. The largest absolute Gasteiger partial charge is 0.465 e. The first-order valence-corrected chi connectivity index (χ1v) is 10.8. The van der Waals surface area contributed by atoms with Crippen LogP contribution < -0.4 is 0 Å². The van der Waals surface area contributed by atoms with E-state index in [2.05, 4.69) is 9.84 Å². The minimum Gasteiger partial charge on any atom is -0.465 e. The second kappa shape index (κ2) is 8.49. The summed E-state index contributed by atoms with van der Waals surface area (Å²) < 4.78 is 63.7. The van der Waals surface area contributed by atoms with Crippen LogP contribution in [0.4, 0.5) is 17.6 Å². The lowest BCUT2D eigenvalue weighted by Gasteiger charge is -2.32. The zero-order valence-corrected chi connectivity index (χ0v) is 18.8. The first-order chi connectivity index (χ1) is 17.1. The number of alkyl halides is 3. The van der Waals surface area contributed by atoms with Crippen molar-refractivity contribution in [2.75, 3.05) is 7.11 Å². The van der Waals surface area contributed by atoms with E-state index in [1.165, 1.54) is 89.4 Å². The van der Waals surface area contributed by atoms with Gasteiger partial charge >= 0.3 is 12.1 Å². The van der Waals surface area contributed by atoms with Gasteiger partial charge in [0.05, 0.1) is 36.6 Å². The molecular weight excluding hydrogens is 478 g/mol. The van der Waals surface area contributed by atoms with E-state index in [0.29, 0.717) is 27.5 Å². The Morgan fingerprint density at radius 1 is 0.972 bits per heavy atom. The molecule has 6 nitrogen and oxygen atoms in total. The number of halogens is 4. The number of benzene rings is 3. The van der Waals surface area contributed by atoms with Crippen LogP contribution in [0.15, 0.2) is 79.1 Å². The summed E-state index contributed by atoms with van der Waals surface area (Å²) in [5.74, 6) is -0.988. The molecule has 0 amide bonds. The van der Waals surface area contributed by atoms with Gasteiger partial charge in [-0.15, -0.1) is 0 Å². The molecule has 0 saturated carbocycles. The zero-order valence-electron chi connectivity index (χ0n) is 18.8. The second-order valence-electron chi connectivity index (χ2n) is 8.37. The highest BCUT2D eigenvalue weighted by Crippen LogP contribution is 2.42. The molecule has 1 unspecified atom stereocenters.